The molecule has 1 aromatic rings. The quantitative estimate of drug-likeness (QED) is 0.782. The monoisotopic (exact) mass is 266 g/mol. The second kappa shape index (κ2) is 7.67. The van der Waals surface area contributed by atoms with Crippen LogP contribution in [0.25, 0.3) is 0 Å². The van der Waals surface area contributed by atoms with Crippen molar-refractivity contribution in [3.8, 4) is 11.5 Å². The number of carboxylic acid groups (broad SMARTS) is 1. The summed E-state index contributed by atoms with van der Waals surface area (Å²) in [6, 6.07) is 7.04. The summed E-state index contributed by atoms with van der Waals surface area (Å²) in [5, 5.41) is 9.09. The fraction of sp³-hybridized carbons (Fsp3) is 0.533. The molecular weight excluding hydrogens is 244 g/mol. The highest BCUT2D eigenvalue weighted by molar-refractivity contribution is 5.72. The predicted octanol–water partition coefficient (Wildman–Crippen LogP) is 3.50. The number of carbonyl (C=O) groups is 1. The van der Waals surface area contributed by atoms with Crippen LogP contribution in [0.1, 0.15) is 40.0 Å². The van der Waals surface area contributed by atoms with Gasteiger partial charge in [0.2, 0.25) is 0 Å². The number of aliphatic carboxylic acids is 1. The molecule has 0 aliphatic rings. The number of rotatable bonds is 8. The van der Waals surface area contributed by atoms with Crippen molar-refractivity contribution in [2.75, 3.05) is 0 Å². The Bertz CT molecular complexity index is 384. The van der Waals surface area contributed by atoms with Gasteiger partial charge in [0.15, 0.2) is 6.10 Å². The summed E-state index contributed by atoms with van der Waals surface area (Å²) < 4.78 is 11.0. The molecule has 0 spiro atoms. The van der Waals surface area contributed by atoms with Gasteiger partial charge in [-0.15, -0.1) is 0 Å². The Hall–Kier alpha value is -1.71. The maximum absolute atomic E-state index is 11.1. The van der Waals surface area contributed by atoms with Gasteiger partial charge in [-0.25, -0.2) is 4.79 Å². The lowest BCUT2D eigenvalue weighted by atomic mass is 10.1. The first-order chi connectivity index (χ1) is 9.02. The topological polar surface area (TPSA) is 55.8 Å². The van der Waals surface area contributed by atoms with Gasteiger partial charge < -0.3 is 14.6 Å². The van der Waals surface area contributed by atoms with Gasteiger partial charge in [-0.1, -0.05) is 13.3 Å². The van der Waals surface area contributed by atoms with Crippen molar-refractivity contribution < 1.29 is 19.4 Å². The highest BCUT2D eigenvalue weighted by Gasteiger charge is 2.18. The Balaban J connectivity index is 2.61. The summed E-state index contributed by atoms with van der Waals surface area (Å²) in [6.07, 6.45) is 1.65. The van der Waals surface area contributed by atoms with E-state index in [1.165, 1.54) is 0 Å². The average Bonchev–Trinajstić information content (AvgIpc) is 2.35. The van der Waals surface area contributed by atoms with Crippen molar-refractivity contribution in [1.82, 2.24) is 0 Å². The van der Waals surface area contributed by atoms with E-state index in [0.717, 1.165) is 18.6 Å². The van der Waals surface area contributed by atoms with Gasteiger partial charge in [0.25, 0.3) is 0 Å². The van der Waals surface area contributed by atoms with Gasteiger partial charge in [-0.05, 0) is 51.0 Å². The minimum Gasteiger partial charge on any atom is -0.491 e. The fourth-order valence-electron chi connectivity index (χ4n) is 1.66. The molecule has 1 N–H and O–H groups in total. The summed E-state index contributed by atoms with van der Waals surface area (Å²) in [4.78, 5) is 11.1. The summed E-state index contributed by atoms with van der Waals surface area (Å²) >= 11 is 0. The van der Waals surface area contributed by atoms with Crippen LogP contribution in [-0.4, -0.2) is 23.3 Å². The van der Waals surface area contributed by atoms with Crippen LogP contribution in [0.2, 0.25) is 0 Å². The smallest absolute Gasteiger partial charge is 0.344 e. The number of benzene rings is 1. The largest absolute Gasteiger partial charge is 0.491 e. The van der Waals surface area contributed by atoms with E-state index in [1.54, 1.807) is 24.3 Å². The van der Waals surface area contributed by atoms with Crippen LogP contribution in [0.5, 0.6) is 11.5 Å². The van der Waals surface area contributed by atoms with Crippen molar-refractivity contribution in [2.24, 2.45) is 0 Å². The van der Waals surface area contributed by atoms with Crippen LogP contribution >= 0.6 is 0 Å². The standard InChI is InChI=1S/C15H22O4/c1-4-5-6-14(15(16)17)19-13-9-7-12(8-10-13)18-11(2)3/h7-11,14H,4-6H2,1-3H3,(H,16,17). The number of ether oxygens (including phenoxy) is 2. The first-order valence-electron chi connectivity index (χ1n) is 6.69. The zero-order chi connectivity index (χ0) is 14.3. The molecule has 0 heterocycles. The molecule has 1 rings (SSSR count). The van der Waals surface area contributed by atoms with Gasteiger partial charge in [0, 0.05) is 0 Å². The third-order valence-electron chi connectivity index (χ3n) is 2.57. The van der Waals surface area contributed by atoms with Crippen LogP contribution in [0.15, 0.2) is 24.3 Å². The van der Waals surface area contributed by atoms with Crippen LogP contribution in [-0.2, 0) is 4.79 Å². The number of unbranched alkanes of at least 4 members (excludes halogenated alkanes) is 1. The third kappa shape index (κ3) is 5.64. The SMILES string of the molecule is CCCCC(Oc1ccc(OC(C)C)cc1)C(=O)O. The van der Waals surface area contributed by atoms with E-state index >= 15 is 0 Å². The van der Waals surface area contributed by atoms with Gasteiger partial charge in [-0.3, -0.25) is 0 Å². The molecule has 1 atom stereocenters. The molecule has 0 aromatic heterocycles. The Labute approximate surface area is 114 Å². The van der Waals surface area contributed by atoms with Gasteiger partial charge in [-0.2, -0.15) is 0 Å². The highest BCUT2D eigenvalue weighted by Crippen LogP contribution is 2.20. The lowest BCUT2D eigenvalue weighted by Crippen LogP contribution is -2.26. The van der Waals surface area contributed by atoms with Gasteiger partial charge in [0.05, 0.1) is 6.10 Å². The maximum atomic E-state index is 11.1. The van der Waals surface area contributed by atoms with Crippen LogP contribution in [0.4, 0.5) is 0 Å². The molecule has 0 saturated heterocycles. The van der Waals surface area contributed by atoms with Crippen molar-refractivity contribution in [3.63, 3.8) is 0 Å². The summed E-state index contributed by atoms with van der Waals surface area (Å²) in [5.41, 5.74) is 0. The summed E-state index contributed by atoms with van der Waals surface area (Å²) in [5.74, 6) is 0.387. The third-order valence-corrected chi connectivity index (χ3v) is 2.57. The Morgan fingerprint density at radius 2 is 1.68 bits per heavy atom. The predicted molar refractivity (Wildman–Crippen MR) is 73.8 cm³/mol. The van der Waals surface area contributed by atoms with E-state index < -0.39 is 12.1 Å². The number of hydrogen-bond donors (Lipinski definition) is 1. The normalized spacial score (nSPS) is 12.2. The molecule has 1 unspecified atom stereocenters. The molecule has 106 valence electrons. The first-order valence-corrected chi connectivity index (χ1v) is 6.69. The van der Waals surface area contributed by atoms with E-state index in [0.29, 0.717) is 12.2 Å². The molecule has 0 radical (unpaired) electrons. The summed E-state index contributed by atoms with van der Waals surface area (Å²) in [6.45, 7) is 5.93. The molecule has 0 fully saturated rings. The minimum absolute atomic E-state index is 0.114. The summed E-state index contributed by atoms with van der Waals surface area (Å²) in [7, 11) is 0. The van der Waals surface area contributed by atoms with E-state index in [2.05, 4.69) is 0 Å². The molecule has 0 aliphatic heterocycles. The zero-order valence-corrected chi connectivity index (χ0v) is 11.8. The Morgan fingerprint density at radius 1 is 1.16 bits per heavy atom. The second-order valence-corrected chi connectivity index (χ2v) is 4.72. The van der Waals surface area contributed by atoms with Crippen molar-refractivity contribution >= 4 is 5.97 Å². The molecular formula is C15H22O4. The zero-order valence-electron chi connectivity index (χ0n) is 11.8. The van der Waals surface area contributed by atoms with Crippen molar-refractivity contribution in [2.45, 2.75) is 52.2 Å². The van der Waals surface area contributed by atoms with Crippen molar-refractivity contribution in [3.05, 3.63) is 24.3 Å². The van der Waals surface area contributed by atoms with E-state index in [9.17, 15) is 4.79 Å². The lowest BCUT2D eigenvalue weighted by Gasteiger charge is -2.15. The molecule has 1 aromatic carbocycles. The average molecular weight is 266 g/mol. The molecule has 0 amide bonds. The van der Waals surface area contributed by atoms with Gasteiger partial charge >= 0.3 is 5.97 Å². The number of carboxylic acids is 1. The highest BCUT2D eigenvalue weighted by atomic mass is 16.5. The molecule has 0 aliphatic carbocycles. The maximum Gasteiger partial charge on any atom is 0.344 e. The van der Waals surface area contributed by atoms with Crippen LogP contribution < -0.4 is 9.47 Å². The van der Waals surface area contributed by atoms with E-state index in [-0.39, 0.29) is 6.10 Å². The minimum atomic E-state index is -0.920. The van der Waals surface area contributed by atoms with E-state index in [1.807, 2.05) is 20.8 Å². The van der Waals surface area contributed by atoms with E-state index in [4.69, 9.17) is 14.6 Å². The molecule has 0 saturated carbocycles. The molecule has 4 heteroatoms. The van der Waals surface area contributed by atoms with Gasteiger partial charge in [0.1, 0.15) is 11.5 Å². The Kier molecular flexibility index (Phi) is 6.19. The van der Waals surface area contributed by atoms with Crippen molar-refractivity contribution in [1.29, 1.82) is 0 Å². The fourth-order valence-corrected chi connectivity index (χ4v) is 1.66. The second-order valence-electron chi connectivity index (χ2n) is 4.72. The lowest BCUT2D eigenvalue weighted by molar-refractivity contribution is -0.145. The van der Waals surface area contributed by atoms with Crippen LogP contribution in [0.3, 0.4) is 0 Å². The molecule has 4 nitrogen and oxygen atoms in total. The number of hydrogen-bond acceptors (Lipinski definition) is 3. The van der Waals surface area contributed by atoms with Crippen LogP contribution in [0, 0.1) is 0 Å². The first kappa shape index (κ1) is 15.3. The molecule has 19 heavy (non-hydrogen) atoms. The molecule has 0 bridgehead atoms. The Morgan fingerprint density at radius 3 is 2.11 bits per heavy atom.